The van der Waals surface area contributed by atoms with Gasteiger partial charge in [0.15, 0.2) is 0 Å². The average molecular weight is 335 g/mol. The summed E-state index contributed by atoms with van der Waals surface area (Å²) >= 11 is 6.83. The molecule has 1 fully saturated rings. The van der Waals surface area contributed by atoms with Gasteiger partial charge in [0.2, 0.25) is 5.88 Å². The molecule has 0 unspecified atom stereocenters. The maximum Gasteiger partial charge on any atom is 0.228 e. The highest BCUT2D eigenvalue weighted by molar-refractivity contribution is 9.11. The van der Waals surface area contributed by atoms with Crippen molar-refractivity contribution in [3.05, 3.63) is 21.2 Å². The monoisotopic (exact) mass is 333 g/mol. The lowest BCUT2D eigenvalue weighted by Gasteiger charge is -2.22. The Morgan fingerprint density at radius 1 is 1.20 bits per heavy atom. The SMILES string of the molecule is Brc1cnc(OC2CCCCC2)c(Br)c1. The van der Waals surface area contributed by atoms with E-state index in [0.29, 0.717) is 12.0 Å². The quantitative estimate of drug-likeness (QED) is 0.803. The molecule has 0 saturated heterocycles. The largest absolute Gasteiger partial charge is 0.474 e. The number of ether oxygens (including phenoxy) is 1. The predicted molar refractivity (Wildman–Crippen MR) is 67.1 cm³/mol. The van der Waals surface area contributed by atoms with E-state index in [2.05, 4.69) is 36.8 Å². The van der Waals surface area contributed by atoms with Crippen LogP contribution in [0.5, 0.6) is 5.88 Å². The molecule has 0 amide bonds. The Balaban J connectivity index is 2.03. The standard InChI is InChI=1S/C11H13Br2NO/c12-8-6-10(13)11(14-7-8)15-9-4-2-1-3-5-9/h6-7,9H,1-5H2. The first kappa shape index (κ1) is 11.4. The number of halogens is 2. The van der Waals surface area contributed by atoms with Gasteiger partial charge in [-0.15, -0.1) is 0 Å². The van der Waals surface area contributed by atoms with E-state index in [9.17, 15) is 0 Å². The van der Waals surface area contributed by atoms with Crippen LogP contribution in [0.2, 0.25) is 0 Å². The molecule has 15 heavy (non-hydrogen) atoms. The number of aromatic nitrogens is 1. The molecule has 0 aliphatic heterocycles. The van der Waals surface area contributed by atoms with E-state index in [1.807, 2.05) is 6.07 Å². The highest BCUT2D eigenvalue weighted by Crippen LogP contribution is 2.29. The van der Waals surface area contributed by atoms with Crippen LogP contribution >= 0.6 is 31.9 Å². The molecule has 2 rings (SSSR count). The summed E-state index contributed by atoms with van der Waals surface area (Å²) in [6.45, 7) is 0. The second-order valence-corrected chi connectivity index (χ2v) is 5.59. The molecule has 1 saturated carbocycles. The Morgan fingerprint density at radius 2 is 1.93 bits per heavy atom. The van der Waals surface area contributed by atoms with Gasteiger partial charge in [0.05, 0.1) is 4.47 Å². The van der Waals surface area contributed by atoms with Gasteiger partial charge < -0.3 is 4.74 Å². The van der Waals surface area contributed by atoms with Crippen molar-refractivity contribution in [1.82, 2.24) is 4.98 Å². The highest BCUT2D eigenvalue weighted by atomic mass is 79.9. The molecule has 0 spiro atoms. The molecule has 0 N–H and O–H groups in total. The fraction of sp³-hybridized carbons (Fsp3) is 0.545. The van der Waals surface area contributed by atoms with Crippen molar-refractivity contribution in [3.63, 3.8) is 0 Å². The molecule has 2 nitrogen and oxygen atoms in total. The van der Waals surface area contributed by atoms with Gasteiger partial charge >= 0.3 is 0 Å². The number of nitrogens with zero attached hydrogens (tertiary/aromatic N) is 1. The minimum atomic E-state index is 0.351. The fourth-order valence-electron chi connectivity index (χ4n) is 1.83. The van der Waals surface area contributed by atoms with Crippen molar-refractivity contribution in [2.45, 2.75) is 38.2 Å². The van der Waals surface area contributed by atoms with E-state index in [1.165, 1.54) is 19.3 Å². The second-order valence-electron chi connectivity index (χ2n) is 3.82. The molecule has 1 heterocycles. The second kappa shape index (κ2) is 5.30. The molecule has 4 heteroatoms. The Kier molecular flexibility index (Phi) is 4.03. The van der Waals surface area contributed by atoms with Gasteiger partial charge in [-0.05, 0) is 63.6 Å². The first-order valence-electron chi connectivity index (χ1n) is 5.23. The lowest BCUT2D eigenvalue weighted by atomic mass is 9.98. The first-order valence-corrected chi connectivity index (χ1v) is 6.82. The molecule has 0 aromatic carbocycles. The topological polar surface area (TPSA) is 22.1 Å². The van der Waals surface area contributed by atoms with E-state index < -0.39 is 0 Å². The van der Waals surface area contributed by atoms with Crippen molar-refractivity contribution in [3.8, 4) is 5.88 Å². The van der Waals surface area contributed by atoms with Crippen LogP contribution in [0, 0.1) is 0 Å². The summed E-state index contributed by atoms with van der Waals surface area (Å²) in [5.74, 6) is 0.713. The Morgan fingerprint density at radius 3 is 2.60 bits per heavy atom. The van der Waals surface area contributed by atoms with Crippen molar-refractivity contribution >= 4 is 31.9 Å². The summed E-state index contributed by atoms with van der Waals surface area (Å²) in [6.07, 6.45) is 8.33. The molecule has 1 aromatic heterocycles. The number of hydrogen-bond donors (Lipinski definition) is 0. The minimum Gasteiger partial charge on any atom is -0.474 e. The normalized spacial score (nSPS) is 17.7. The summed E-state index contributed by atoms with van der Waals surface area (Å²) in [5.41, 5.74) is 0. The lowest BCUT2D eigenvalue weighted by Crippen LogP contribution is -2.20. The van der Waals surface area contributed by atoms with Crippen LogP contribution in [0.1, 0.15) is 32.1 Å². The van der Waals surface area contributed by atoms with Gasteiger partial charge in [0, 0.05) is 10.7 Å². The summed E-state index contributed by atoms with van der Waals surface area (Å²) in [7, 11) is 0. The molecular weight excluding hydrogens is 322 g/mol. The van der Waals surface area contributed by atoms with Crippen LogP contribution in [0.3, 0.4) is 0 Å². The molecular formula is C11H13Br2NO. The van der Waals surface area contributed by atoms with E-state index in [0.717, 1.165) is 21.8 Å². The smallest absolute Gasteiger partial charge is 0.228 e. The lowest BCUT2D eigenvalue weighted by molar-refractivity contribution is 0.147. The third-order valence-corrected chi connectivity index (χ3v) is 3.61. The number of pyridine rings is 1. The Labute approximate surface area is 107 Å². The van der Waals surface area contributed by atoms with Gasteiger partial charge in [-0.2, -0.15) is 0 Å². The predicted octanol–water partition coefficient (Wildman–Crippen LogP) is 4.32. The van der Waals surface area contributed by atoms with Crippen LogP contribution in [-0.2, 0) is 0 Å². The van der Waals surface area contributed by atoms with Crippen LogP contribution in [0.4, 0.5) is 0 Å². The molecule has 1 aliphatic carbocycles. The first-order chi connectivity index (χ1) is 7.25. The van der Waals surface area contributed by atoms with Gasteiger partial charge in [-0.25, -0.2) is 4.98 Å². The van der Waals surface area contributed by atoms with Crippen LogP contribution in [-0.4, -0.2) is 11.1 Å². The molecule has 0 bridgehead atoms. The third kappa shape index (κ3) is 3.18. The van der Waals surface area contributed by atoms with Crippen LogP contribution < -0.4 is 4.74 Å². The van der Waals surface area contributed by atoms with Gasteiger partial charge in [0.25, 0.3) is 0 Å². The van der Waals surface area contributed by atoms with Crippen molar-refractivity contribution in [2.75, 3.05) is 0 Å². The molecule has 0 radical (unpaired) electrons. The van der Waals surface area contributed by atoms with Gasteiger partial charge in [0.1, 0.15) is 6.10 Å². The van der Waals surface area contributed by atoms with Crippen molar-refractivity contribution in [2.24, 2.45) is 0 Å². The van der Waals surface area contributed by atoms with Crippen LogP contribution in [0.15, 0.2) is 21.2 Å². The summed E-state index contributed by atoms with van der Waals surface area (Å²) in [5, 5.41) is 0. The van der Waals surface area contributed by atoms with E-state index >= 15 is 0 Å². The molecule has 1 aromatic rings. The zero-order chi connectivity index (χ0) is 10.7. The third-order valence-electron chi connectivity index (χ3n) is 2.60. The highest BCUT2D eigenvalue weighted by Gasteiger charge is 2.16. The van der Waals surface area contributed by atoms with E-state index in [4.69, 9.17) is 4.74 Å². The van der Waals surface area contributed by atoms with Crippen molar-refractivity contribution in [1.29, 1.82) is 0 Å². The molecule has 1 aliphatic rings. The zero-order valence-corrected chi connectivity index (χ0v) is 11.6. The Hall–Kier alpha value is -0.0900. The fourth-order valence-corrected chi connectivity index (χ4v) is 2.91. The maximum atomic E-state index is 5.86. The van der Waals surface area contributed by atoms with Crippen molar-refractivity contribution < 1.29 is 4.74 Å². The van der Waals surface area contributed by atoms with E-state index in [-0.39, 0.29) is 0 Å². The summed E-state index contributed by atoms with van der Waals surface area (Å²) in [6, 6.07) is 1.96. The maximum absolute atomic E-state index is 5.86. The van der Waals surface area contributed by atoms with Gasteiger partial charge in [-0.3, -0.25) is 0 Å². The average Bonchev–Trinajstić information content (AvgIpc) is 2.24. The summed E-state index contributed by atoms with van der Waals surface area (Å²) < 4.78 is 7.74. The van der Waals surface area contributed by atoms with E-state index in [1.54, 1.807) is 6.20 Å². The zero-order valence-electron chi connectivity index (χ0n) is 8.38. The molecule has 82 valence electrons. The Bertz CT molecular complexity index is 337. The molecule has 0 atom stereocenters. The number of rotatable bonds is 2. The summed E-state index contributed by atoms with van der Waals surface area (Å²) in [4.78, 5) is 4.26. The van der Waals surface area contributed by atoms with Gasteiger partial charge in [-0.1, -0.05) is 6.42 Å². The number of hydrogen-bond acceptors (Lipinski definition) is 2. The minimum absolute atomic E-state index is 0.351. The van der Waals surface area contributed by atoms with Crippen LogP contribution in [0.25, 0.3) is 0 Å².